The summed E-state index contributed by atoms with van der Waals surface area (Å²) >= 11 is 3.37. The third kappa shape index (κ3) is 3.41. The molecule has 1 aliphatic rings. The van der Waals surface area contributed by atoms with Crippen LogP contribution in [0.25, 0.3) is 0 Å². The van der Waals surface area contributed by atoms with E-state index in [-0.39, 0.29) is 23.7 Å². The zero-order valence-corrected chi connectivity index (χ0v) is 13.5. The number of morpholine rings is 1. The Morgan fingerprint density at radius 3 is 2.86 bits per heavy atom. The minimum absolute atomic E-state index is 0.00240. The van der Waals surface area contributed by atoms with Crippen LogP contribution in [0.15, 0.2) is 18.2 Å². The highest BCUT2D eigenvalue weighted by Crippen LogP contribution is 2.22. The third-order valence-electron chi connectivity index (χ3n) is 3.59. The molecule has 1 heterocycles. The lowest BCUT2D eigenvalue weighted by atomic mass is 10.0. The second kappa shape index (κ2) is 6.53. The lowest BCUT2D eigenvalue weighted by Crippen LogP contribution is -2.51. The topological polar surface area (TPSA) is 72.7 Å². The van der Waals surface area contributed by atoms with Crippen LogP contribution >= 0.6 is 15.9 Å². The number of nitro benzene ring substituents is 1. The molecule has 1 amide bonds. The molecular formula is C14H17BrN2O4. The summed E-state index contributed by atoms with van der Waals surface area (Å²) in [4.78, 5) is 24.7. The number of benzene rings is 1. The van der Waals surface area contributed by atoms with E-state index in [2.05, 4.69) is 15.9 Å². The Kier molecular flexibility index (Phi) is 4.95. The van der Waals surface area contributed by atoms with Gasteiger partial charge in [-0.1, -0.05) is 15.9 Å². The Bertz CT molecular complexity index is 564. The van der Waals surface area contributed by atoms with Gasteiger partial charge in [-0.2, -0.15) is 0 Å². The predicted octanol–water partition coefficient (Wildman–Crippen LogP) is 2.53. The molecule has 21 heavy (non-hydrogen) atoms. The Balaban J connectivity index is 2.24. The van der Waals surface area contributed by atoms with Crippen LogP contribution in [0.4, 0.5) is 5.69 Å². The fraction of sp³-hybridized carbons (Fsp3) is 0.500. The van der Waals surface area contributed by atoms with E-state index in [4.69, 9.17) is 4.74 Å². The van der Waals surface area contributed by atoms with Crippen LogP contribution in [0, 0.1) is 17.0 Å². The summed E-state index contributed by atoms with van der Waals surface area (Å²) in [6, 6.07) is 4.32. The maximum atomic E-state index is 12.7. The lowest BCUT2D eigenvalue weighted by molar-refractivity contribution is -0.384. The Labute approximate surface area is 131 Å². The number of nitro groups is 1. The number of alkyl halides is 1. The molecule has 2 atom stereocenters. The molecule has 7 heteroatoms. The zero-order valence-electron chi connectivity index (χ0n) is 11.9. The monoisotopic (exact) mass is 356 g/mol. The summed E-state index contributed by atoms with van der Waals surface area (Å²) in [6.07, 6.45) is -0.0245. The van der Waals surface area contributed by atoms with E-state index in [9.17, 15) is 14.9 Å². The van der Waals surface area contributed by atoms with Crippen LogP contribution < -0.4 is 0 Å². The average molecular weight is 357 g/mol. The first kappa shape index (κ1) is 15.9. The molecule has 0 bridgehead atoms. The first-order valence-corrected chi connectivity index (χ1v) is 7.79. The molecule has 1 saturated heterocycles. The molecule has 1 aromatic carbocycles. The highest BCUT2D eigenvalue weighted by atomic mass is 79.9. The van der Waals surface area contributed by atoms with E-state index in [1.165, 1.54) is 18.2 Å². The molecular weight excluding hydrogens is 340 g/mol. The average Bonchev–Trinajstić information content (AvgIpc) is 2.47. The van der Waals surface area contributed by atoms with Gasteiger partial charge >= 0.3 is 0 Å². The SMILES string of the molecule is Cc1cc([N+](=O)[O-])ccc1C(=O)N1CC(CBr)OCC1C. The second-order valence-electron chi connectivity index (χ2n) is 5.17. The van der Waals surface area contributed by atoms with Gasteiger partial charge in [0.15, 0.2) is 0 Å². The van der Waals surface area contributed by atoms with Crippen molar-refractivity contribution >= 4 is 27.5 Å². The standard InChI is InChI=1S/C14H17BrN2O4/c1-9-5-11(17(19)20)3-4-13(9)14(18)16-7-12(6-15)21-8-10(16)2/h3-5,10,12H,6-8H2,1-2H3. The van der Waals surface area contributed by atoms with Crippen molar-refractivity contribution in [1.29, 1.82) is 0 Å². The van der Waals surface area contributed by atoms with E-state index < -0.39 is 4.92 Å². The first-order valence-electron chi connectivity index (χ1n) is 6.67. The minimum atomic E-state index is -0.459. The van der Waals surface area contributed by atoms with Crippen molar-refractivity contribution < 1.29 is 14.5 Å². The molecule has 0 aromatic heterocycles. The number of carbonyl (C=O) groups excluding carboxylic acids is 1. The van der Waals surface area contributed by atoms with E-state index >= 15 is 0 Å². The summed E-state index contributed by atoms with van der Waals surface area (Å²) in [5, 5.41) is 11.4. The van der Waals surface area contributed by atoms with Gasteiger partial charge in [-0.25, -0.2) is 0 Å². The summed E-state index contributed by atoms with van der Waals surface area (Å²) in [6.45, 7) is 4.66. The number of halogens is 1. The summed E-state index contributed by atoms with van der Waals surface area (Å²) in [5.74, 6) is -0.107. The van der Waals surface area contributed by atoms with E-state index in [1.807, 2.05) is 6.92 Å². The van der Waals surface area contributed by atoms with E-state index in [0.29, 0.717) is 29.6 Å². The Morgan fingerprint density at radius 1 is 1.57 bits per heavy atom. The number of aryl methyl sites for hydroxylation is 1. The van der Waals surface area contributed by atoms with Gasteiger partial charge in [0.1, 0.15) is 0 Å². The van der Waals surface area contributed by atoms with Gasteiger partial charge < -0.3 is 9.64 Å². The van der Waals surface area contributed by atoms with Gasteiger partial charge in [0, 0.05) is 29.6 Å². The number of carbonyl (C=O) groups is 1. The molecule has 0 aliphatic carbocycles. The molecule has 1 aliphatic heterocycles. The summed E-state index contributed by atoms with van der Waals surface area (Å²) in [7, 11) is 0. The maximum Gasteiger partial charge on any atom is 0.269 e. The molecule has 1 aromatic rings. The van der Waals surface area contributed by atoms with Crippen LogP contribution in [0.5, 0.6) is 0 Å². The van der Waals surface area contributed by atoms with E-state index in [1.54, 1.807) is 11.8 Å². The predicted molar refractivity (Wildman–Crippen MR) is 81.9 cm³/mol. The molecule has 2 unspecified atom stereocenters. The van der Waals surface area contributed by atoms with Gasteiger partial charge in [0.05, 0.1) is 23.7 Å². The second-order valence-corrected chi connectivity index (χ2v) is 5.82. The summed E-state index contributed by atoms with van der Waals surface area (Å²) < 4.78 is 5.61. The molecule has 0 N–H and O–H groups in total. The quantitative estimate of drug-likeness (QED) is 0.473. The van der Waals surface area contributed by atoms with Crippen LogP contribution in [-0.4, -0.2) is 46.4 Å². The Hall–Kier alpha value is -1.47. The highest BCUT2D eigenvalue weighted by molar-refractivity contribution is 9.09. The number of amides is 1. The fourth-order valence-corrected chi connectivity index (χ4v) is 2.74. The van der Waals surface area contributed by atoms with Gasteiger partial charge in [-0.15, -0.1) is 0 Å². The number of hydrogen-bond acceptors (Lipinski definition) is 4. The maximum absolute atomic E-state index is 12.7. The van der Waals surface area contributed by atoms with Gasteiger partial charge in [-0.05, 0) is 25.5 Å². The van der Waals surface area contributed by atoms with Crippen molar-refractivity contribution in [2.45, 2.75) is 26.0 Å². The van der Waals surface area contributed by atoms with Gasteiger partial charge in [-0.3, -0.25) is 14.9 Å². The van der Waals surface area contributed by atoms with Crippen molar-refractivity contribution in [2.24, 2.45) is 0 Å². The van der Waals surface area contributed by atoms with Gasteiger partial charge in [0.25, 0.3) is 11.6 Å². The normalized spacial score (nSPS) is 22.1. The van der Waals surface area contributed by atoms with Crippen LogP contribution in [0.3, 0.4) is 0 Å². The lowest BCUT2D eigenvalue weighted by Gasteiger charge is -2.37. The Morgan fingerprint density at radius 2 is 2.29 bits per heavy atom. The highest BCUT2D eigenvalue weighted by Gasteiger charge is 2.30. The molecule has 1 fully saturated rings. The van der Waals surface area contributed by atoms with Crippen molar-refractivity contribution in [3.8, 4) is 0 Å². The molecule has 2 rings (SSSR count). The number of nitrogens with zero attached hydrogens (tertiary/aromatic N) is 2. The van der Waals surface area contributed by atoms with Crippen LogP contribution in [-0.2, 0) is 4.74 Å². The molecule has 6 nitrogen and oxygen atoms in total. The number of non-ortho nitro benzene ring substituents is 1. The number of hydrogen-bond donors (Lipinski definition) is 0. The van der Waals surface area contributed by atoms with Gasteiger partial charge in [0.2, 0.25) is 0 Å². The molecule has 0 spiro atoms. The van der Waals surface area contributed by atoms with Crippen molar-refractivity contribution in [1.82, 2.24) is 4.90 Å². The molecule has 0 radical (unpaired) electrons. The number of rotatable bonds is 3. The van der Waals surface area contributed by atoms with Crippen LogP contribution in [0.1, 0.15) is 22.8 Å². The largest absolute Gasteiger partial charge is 0.373 e. The number of ether oxygens (including phenoxy) is 1. The molecule has 114 valence electrons. The minimum Gasteiger partial charge on any atom is -0.373 e. The van der Waals surface area contributed by atoms with Crippen LogP contribution in [0.2, 0.25) is 0 Å². The van der Waals surface area contributed by atoms with Crippen molar-refractivity contribution in [3.63, 3.8) is 0 Å². The van der Waals surface area contributed by atoms with Crippen molar-refractivity contribution in [3.05, 3.63) is 39.4 Å². The van der Waals surface area contributed by atoms with Crippen molar-refractivity contribution in [2.75, 3.05) is 18.5 Å². The zero-order chi connectivity index (χ0) is 15.6. The summed E-state index contributed by atoms with van der Waals surface area (Å²) in [5.41, 5.74) is 1.11. The molecule has 0 saturated carbocycles. The fourth-order valence-electron chi connectivity index (χ4n) is 2.35. The first-order chi connectivity index (χ1) is 9.93. The smallest absolute Gasteiger partial charge is 0.269 e. The van der Waals surface area contributed by atoms with E-state index in [0.717, 1.165) is 0 Å². The third-order valence-corrected chi connectivity index (χ3v) is 4.31.